The predicted octanol–water partition coefficient (Wildman–Crippen LogP) is 5.38. The van der Waals surface area contributed by atoms with Crippen molar-refractivity contribution in [3.8, 4) is 0 Å². The van der Waals surface area contributed by atoms with Gasteiger partial charge in [0.15, 0.2) is 0 Å². The number of para-hydroxylation sites is 1. The van der Waals surface area contributed by atoms with Crippen LogP contribution in [0, 0.1) is 11.6 Å². The Kier molecular flexibility index (Phi) is 5.83. The quantitative estimate of drug-likeness (QED) is 0.503. The molecule has 0 amide bonds. The SMILES string of the molecule is C=C(CC)N1CCc2c([nH]c3ccccc23)[C@H]1c1c(F)cc(NC2CN(CCF)C2)cc1F. The maximum atomic E-state index is 15.5. The third-order valence-electron chi connectivity index (χ3n) is 6.93. The van der Waals surface area contributed by atoms with Crippen molar-refractivity contribution in [1.29, 1.82) is 0 Å². The molecule has 0 aliphatic carbocycles. The zero-order chi connectivity index (χ0) is 23.1. The van der Waals surface area contributed by atoms with Gasteiger partial charge in [-0.05, 0) is 36.6 Å². The fourth-order valence-electron chi connectivity index (χ4n) is 5.21. The lowest BCUT2D eigenvalue weighted by Gasteiger charge is -2.40. The van der Waals surface area contributed by atoms with Crippen LogP contribution in [0.1, 0.15) is 36.2 Å². The van der Waals surface area contributed by atoms with Crippen LogP contribution in [-0.2, 0) is 6.42 Å². The van der Waals surface area contributed by atoms with Gasteiger partial charge in [-0.15, -0.1) is 0 Å². The Morgan fingerprint density at radius 2 is 1.91 bits per heavy atom. The average molecular weight is 455 g/mol. The summed E-state index contributed by atoms with van der Waals surface area (Å²) < 4.78 is 43.5. The second kappa shape index (κ2) is 8.78. The Morgan fingerprint density at radius 1 is 1.18 bits per heavy atom. The van der Waals surface area contributed by atoms with Crippen molar-refractivity contribution in [1.82, 2.24) is 14.8 Å². The number of aromatic nitrogens is 1. The highest BCUT2D eigenvalue weighted by molar-refractivity contribution is 5.85. The van der Waals surface area contributed by atoms with Crippen molar-refractivity contribution >= 4 is 16.6 Å². The summed E-state index contributed by atoms with van der Waals surface area (Å²) in [5, 5.41) is 4.28. The molecule has 3 heterocycles. The van der Waals surface area contributed by atoms with Crippen LogP contribution in [-0.4, -0.2) is 53.7 Å². The van der Waals surface area contributed by atoms with Gasteiger partial charge in [-0.2, -0.15) is 0 Å². The molecule has 4 nitrogen and oxygen atoms in total. The van der Waals surface area contributed by atoms with E-state index in [4.69, 9.17) is 0 Å². The van der Waals surface area contributed by atoms with Gasteiger partial charge in [-0.25, -0.2) is 13.2 Å². The molecule has 0 radical (unpaired) electrons. The average Bonchev–Trinajstić information content (AvgIpc) is 3.16. The predicted molar refractivity (Wildman–Crippen MR) is 126 cm³/mol. The van der Waals surface area contributed by atoms with Gasteiger partial charge < -0.3 is 15.2 Å². The van der Waals surface area contributed by atoms with Crippen LogP contribution in [0.4, 0.5) is 18.9 Å². The van der Waals surface area contributed by atoms with Crippen LogP contribution in [0.2, 0.25) is 0 Å². The fraction of sp³-hybridized carbons (Fsp3) is 0.385. The van der Waals surface area contributed by atoms with Crippen LogP contribution in [0.5, 0.6) is 0 Å². The molecular formula is C26H29F3N4. The third-order valence-corrected chi connectivity index (χ3v) is 6.93. The van der Waals surface area contributed by atoms with Crippen LogP contribution in [0.25, 0.3) is 10.9 Å². The Balaban J connectivity index is 1.51. The van der Waals surface area contributed by atoms with E-state index in [1.807, 2.05) is 34.9 Å². The summed E-state index contributed by atoms with van der Waals surface area (Å²) in [6, 6.07) is 10.2. The number of allylic oxidation sites excluding steroid dienone is 1. The van der Waals surface area contributed by atoms with Crippen molar-refractivity contribution in [3.05, 3.63) is 77.1 Å². The van der Waals surface area contributed by atoms with Crippen molar-refractivity contribution in [2.75, 3.05) is 38.2 Å². The molecule has 7 heteroatoms. The van der Waals surface area contributed by atoms with Crippen LogP contribution in [0.3, 0.4) is 0 Å². The highest BCUT2D eigenvalue weighted by Crippen LogP contribution is 2.42. The molecule has 2 N–H and O–H groups in total. The fourth-order valence-corrected chi connectivity index (χ4v) is 5.21. The highest BCUT2D eigenvalue weighted by atomic mass is 19.1. The first-order valence-electron chi connectivity index (χ1n) is 11.6. The van der Waals surface area contributed by atoms with E-state index in [0.717, 1.165) is 34.3 Å². The van der Waals surface area contributed by atoms with E-state index < -0.39 is 17.7 Å². The zero-order valence-corrected chi connectivity index (χ0v) is 18.8. The molecular weight excluding hydrogens is 425 g/mol. The first-order valence-corrected chi connectivity index (χ1v) is 11.6. The normalized spacial score (nSPS) is 18.9. The summed E-state index contributed by atoms with van der Waals surface area (Å²) in [6.45, 7) is 8.18. The Hall–Kier alpha value is -2.93. The summed E-state index contributed by atoms with van der Waals surface area (Å²) in [7, 11) is 0. The molecule has 3 aromatic rings. The monoisotopic (exact) mass is 454 g/mol. The van der Waals surface area contributed by atoms with E-state index in [-0.39, 0.29) is 18.3 Å². The van der Waals surface area contributed by atoms with Crippen molar-refractivity contribution in [2.24, 2.45) is 0 Å². The third kappa shape index (κ3) is 3.88. The van der Waals surface area contributed by atoms with E-state index in [1.165, 1.54) is 12.1 Å². The first kappa shape index (κ1) is 21.9. The van der Waals surface area contributed by atoms with E-state index in [0.29, 0.717) is 38.3 Å². The molecule has 33 heavy (non-hydrogen) atoms. The topological polar surface area (TPSA) is 34.3 Å². The van der Waals surface area contributed by atoms with Crippen LogP contribution in [0.15, 0.2) is 48.7 Å². The first-order chi connectivity index (χ1) is 16.0. The van der Waals surface area contributed by atoms with Gasteiger partial charge in [0, 0.05) is 54.2 Å². The van der Waals surface area contributed by atoms with E-state index >= 15 is 8.78 Å². The number of halogens is 3. The van der Waals surface area contributed by atoms with E-state index in [1.54, 1.807) is 0 Å². The number of anilines is 1. The maximum Gasteiger partial charge on any atom is 0.133 e. The molecule has 1 aromatic heterocycles. The summed E-state index contributed by atoms with van der Waals surface area (Å²) in [5.74, 6) is -1.16. The lowest BCUT2D eigenvalue weighted by molar-refractivity contribution is 0.149. The largest absolute Gasteiger partial charge is 0.380 e. The van der Waals surface area contributed by atoms with Gasteiger partial charge in [0.05, 0.1) is 11.6 Å². The minimum absolute atomic E-state index is 0.0373. The minimum Gasteiger partial charge on any atom is -0.380 e. The van der Waals surface area contributed by atoms with Crippen molar-refractivity contribution in [3.63, 3.8) is 0 Å². The molecule has 0 bridgehead atoms. The molecule has 174 valence electrons. The van der Waals surface area contributed by atoms with E-state index in [9.17, 15) is 4.39 Å². The molecule has 2 aliphatic rings. The standard InChI is InChI=1S/C26H29F3N4/c1-3-16(2)33-10-8-20-19-6-4-5-7-23(19)31-25(20)26(33)24-21(28)12-17(13-22(24)29)30-18-14-32(15-18)11-9-27/h4-7,12-13,18,26,30-31H,2-3,8-11,14-15H2,1H3/t26-/m1/s1. The van der Waals surface area contributed by atoms with Gasteiger partial charge in [0.1, 0.15) is 24.4 Å². The lowest BCUT2D eigenvalue weighted by atomic mass is 9.90. The highest BCUT2D eigenvalue weighted by Gasteiger charge is 2.36. The number of hydrogen-bond acceptors (Lipinski definition) is 3. The molecule has 1 saturated heterocycles. The number of nitrogens with zero attached hydrogens (tertiary/aromatic N) is 2. The molecule has 1 atom stereocenters. The van der Waals surface area contributed by atoms with Gasteiger partial charge in [0.25, 0.3) is 0 Å². The van der Waals surface area contributed by atoms with Crippen LogP contribution < -0.4 is 5.32 Å². The molecule has 2 aromatic carbocycles. The number of hydrogen-bond donors (Lipinski definition) is 2. The van der Waals surface area contributed by atoms with Gasteiger partial charge >= 0.3 is 0 Å². The summed E-state index contributed by atoms with van der Waals surface area (Å²) in [5.41, 5.74) is 4.21. The molecule has 0 unspecified atom stereocenters. The number of rotatable bonds is 7. The van der Waals surface area contributed by atoms with Crippen molar-refractivity contribution in [2.45, 2.75) is 31.8 Å². The summed E-state index contributed by atoms with van der Waals surface area (Å²) in [6.07, 6.45) is 1.49. The van der Waals surface area contributed by atoms with Crippen molar-refractivity contribution < 1.29 is 13.2 Å². The molecule has 2 aliphatic heterocycles. The number of alkyl halides is 1. The number of nitrogens with one attached hydrogen (secondary N) is 2. The van der Waals surface area contributed by atoms with Gasteiger partial charge in [-0.1, -0.05) is 31.7 Å². The van der Waals surface area contributed by atoms with E-state index in [2.05, 4.69) is 22.9 Å². The zero-order valence-electron chi connectivity index (χ0n) is 18.8. The second-order valence-electron chi connectivity index (χ2n) is 8.97. The Morgan fingerprint density at radius 3 is 2.61 bits per heavy atom. The number of aromatic amines is 1. The molecule has 0 saturated carbocycles. The number of fused-ring (bicyclic) bond motifs is 3. The second-order valence-corrected chi connectivity index (χ2v) is 8.97. The smallest absolute Gasteiger partial charge is 0.133 e. The molecule has 5 rings (SSSR count). The maximum absolute atomic E-state index is 15.5. The summed E-state index contributed by atoms with van der Waals surface area (Å²) in [4.78, 5) is 7.43. The number of likely N-dealkylation sites (tertiary alicyclic amines) is 1. The van der Waals surface area contributed by atoms with Crippen LogP contribution >= 0.6 is 0 Å². The Bertz CT molecular complexity index is 1160. The summed E-state index contributed by atoms with van der Waals surface area (Å²) >= 11 is 0. The van der Waals surface area contributed by atoms with Gasteiger partial charge in [0.2, 0.25) is 0 Å². The Labute approximate surface area is 192 Å². The minimum atomic E-state index is -0.605. The van der Waals surface area contributed by atoms with Gasteiger partial charge in [-0.3, -0.25) is 4.90 Å². The number of H-pyrrole nitrogens is 1. The number of benzene rings is 2. The molecule has 1 fully saturated rings. The molecule has 0 spiro atoms. The lowest BCUT2D eigenvalue weighted by Crippen LogP contribution is -2.55.